The van der Waals surface area contributed by atoms with E-state index >= 15 is 0 Å². The zero-order valence-corrected chi connectivity index (χ0v) is 11.4. The number of aliphatic hydroxyl groups excluding tert-OH is 1. The van der Waals surface area contributed by atoms with Gasteiger partial charge in [-0.3, -0.25) is 9.48 Å². The van der Waals surface area contributed by atoms with Gasteiger partial charge in [-0.15, -0.1) is 0 Å². The predicted octanol–water partition coefficient (Wildman–Crippen LogP) is 1.55. The number of carbonyl (C=O) groups excluding carboxylic acids is 1. The first-order valence-electron chi connectivity index (χ1n) is 6.29. The van der Waals surface area contributed by atoms with Gasteiger partial charge in [0.05, 0.1) is 24.1 Å². The van der Waals surface area contributed by atoms with E-state index < -0.39 is 11.7 Å². The summed E-state index contributed by atoms with van der Waals surface area (Å²) >= 11 is 0. The summed E-state index contributed by atoms with van der Waals surface area (Å²) in [4.78, 5) is 12.0. The number of nitrogens with one attached hydrogen (secondary N) is 1. The minimum atomic E-state index is -0.570. The lowest BCUT2D eigenvalue weighted by Crippen LogP contribution is -2.11. The molecule has 0 saturated heterocycles. The zero-order chi connectivity index (χ0) is 15.2. The van der Waals surface area contributed by atoms with Crippen LogP contribution in [0.3, 0.4) is 0 Å². The Morgan fingerprint density at radius 1 is 1.52 bits per heavy atom. The van der Waals surface area contributed by atoms with E-state index in [4.69, 9.17) is 5.11 Å². The van der Waals surface area contributed by atoms with Crippen molar-refractivity contribution in [1.29, 1.82) is 0 Å². The van der Waals surface area contributed by atoms with Gasteiger partial charge in [0.1, 0.15) is 5.82 Å². The van der Waals surface area contributed by atoms with Crippen molar-refractivity contribution in [1.82, 2.24) is 9.78 Å². The fourth-order valence-electron chi connectivity index (χ4n) is 1.66. The number of aliphatic hydroxyl groups is 1. The van der Waals surface area contributed by atoms with Gasteiger partial charge in [0.2, 0.25) is 0 Å². The molecular weight excluding hydrogens is 273 g/mol. The predicted molar refractivity (Wildman–Crippen MR) is 76.1 cm³/mol. The Hall–Kier alpha value is -2.65. The number of carbonyl (C=O) groups is 1. The molecule has 0 radical (unpaired) electrons. The largest absolute Gasteiger partial charge is 0.395 e. The number of rotatable bonds is 3. The van der Waals surface area contributed by atoms with Crippen LogP contribution in [0.25, 0.3) is 0 Å². The second-order valence-electron chi connectivity index (χ2n) is 4.33. The van der Waals surface area contributed by atoms with Gasteiger partial charge in [-0.2, -0.15) is 5.10 Å². The normalized spacial score (nSPS) is 9.86. The Morgan fingerprint density at radius 2 is 2.33 bits per heavy atom. The highest BCUT2D eigenvalue weighted by Crippen LogP contribution is 2.12. The summed E-state index contributed by atoms with van der Waals surface area (Å²) in [5.41, 5.74) is 0.931. The summed E-state index contributed by atoms with van der Waals surface area (Å²) in [6.07, 6.45) is 3.43. The highest BCUT2D eigenvalue weighted by Gasteiger charge is 2.10. The van der Waals surface area contributed by atoms with Crippen LogP contribution >= 0.6 is 0 Å². The van der Waals surface area contributed by atoms with Gasteiger partial charge in [-0.25, -0.2) is 4.39 Å². The maximum atomic E-state index is 13.8. The third kappa shape index (κ3) is 3.91. The lowest BCUT2D eigenvalue weighted by atomic mass is 10.1. The number of aromatic nitrogens is 2. The van der Waals surface area contributed by atoms with Gasteiger partial charge in [-0.1, -0.05) is 11.8 Å². The number of hydrogen-bond acceptors (Lipinski definition) is 3. The molecule has 1 aromatic heterocycles. The minimum Gasteiger partial charge on any atom is -0.395 e. The van der Waals surface area contributed by atoms with Crippen molar-refractivity contribution in [2.45, 2.75) is 6.42 Å². The van der Waals surface area contributed by atoms with Crippen LogP contribution in [0.15, 0.2) is 30.6 Å². The van der Waals surface area contributed by atoms with Crippen LogP contribution < -0.4 is 5.32 Å². The highest BCUT2D eigenvalue weighted by molar-refractivity contribution is 6.04. The second kappa shape index (κ2) is 6.68. The molecule has 0 atom stereocenters. The van der Waals surface area contributed by atoms with E-state index in [2.05, 4.69) is 22.3 Å². The van der Waals surface area contributed by atoms with Gasteiger partial charge < -0.3 is 10.4 Å². The molecule has 21 heavy (non-hydrogen) atoms. The monoisotopic (exact) mass is 287 g/mol. The van der Waals surface area contributed by atoms with Crippen LogP contribution in [-0.2, 0) is 7.05 Å². The molecule has 2 aromatic rings. The fraction of sp³-hybridized carbons (Fsp3) is 0.200. The summed E-state index contributed by atoms with van der Waals surface area (Å²) < 4.78 is 15.4. The van der Waals surface area contributed by atoms with E-state index in [0.29, 0.717) is 5.69 Å². The van der Waals surface area contributed by atoms with Crippen LogP contribution in [-0.4, -0.2) is 27.4 Å². The van der Waals surface area contributed by atoms with Crippen molar-refractivity contribution in [3.05, 3.63) is 47.5 Å². The van der Waals surface area contributed by atoms with Gasteiger partial charge >= 0.3 is 0 Å². The summed E-state index contributed by atoms with van der Waals surface area (Å²) in [5.74, 6) is 4.25. The van der Waals surface area contributed by atoms with E-state index in [9.17, 15) is 9.18 Å². The quantitative estimate of drug-likeness (QED) is 0.842. The van der Waals surface area contributed by atoms with Gasteiger partial charge in [0.25, 0.3) is 5.91 Å². The summed E-state index contributed by atoms with van der Waals surface area (Å²) in [5, 5.41) is 15.2. The smallest absolute Gasteiger partial charge is 0.255 e. The third-order valence-electron chi connectivity index (χ3n) is 2.65. The maximum absolute atomic E-state index is 13.8. The molecule has 0 fully saturated rings. The number of hydrogen-bond donors (Lipinski definition) is 2. The molecule has 2 rings (SSSR count). The van der Waals surface area contributed by atoms with E-state index in [1.165, 1.54) is 18.3 Å². The molecule has 6 heteroatoms. The molecule has 108 valence electrons. The number of halogens is 1. The lowest BCUT2D eigenvalue weighted by Gasteiger charge is -2.03. The summed E-state index contributed by atoms with van der Waals surface area (Å²) in [6.45, 7) is -0.0692. The SMILES string of the molecule is Cn1cc(NC(=O)c2ccc(C#CCCO)c(F)c2)cn1. The first-order valence-corrected chi connectivity index (χ1v) is 6.29. The van der Waals surface area contributed by atoms with Crippen molar-refractivity contribution in [2.24, 2.45) is 7.05 Å². The van der Waals surface area contributed by atoms with Crippen molar-refractivity contribution >= 4 is 11.6 Å². The molecule has 0 unspecified atom stereocenters. The van der Waals surface area contributed by atoms with E-state index in [1.807, 2.05) is 0 Å². The number of amides is 1. The first kappa shape index (κ1) is 14.8. The van der Waals surface area contributed by atoms with Crippen molar-refractivity contribution < 1.29 is 14.3 Å². The molecular formula is C15H14FN3O2. The van der Waals surface area contributed by atoms with E-state index in [1.54, 1.807) is 17.9 Å². The van der Waals surface area contributed by atoms with Crippen molar-refractivity contribution in [2.75, 3.05) is 11.9 Å². The third-order valence-corrected chi connectivity index (χ3v) is 2.65. The first-order chi connectivity index (χ1) is 10.1. The lowest BCUT2D eigenvalue weighted by molar-refractivity contribution is 0.102. The Bertz CT molecular complexity index is 713. The van der Waals surface area contributed by atoms with Crippen molar-refractivity contribution in [3.63, 3.8) is 0 Å². The number of benzene rings is 1. The van der Waals surface area contributed by atoms with Gasteiger partial charge in [0.15, 0.2) is 0 Å². The minimum absolute atomic E-state index is 0.0692. The van der Waals surface area contributed by atoms with Crippen molar-refractivity contribution in [3.8, 4) is 11.8 Å². The summed E-state index contributed by atoms with van der Waals surface area (Å²) in [6, 6.07) is 4.07. The number of aryl methyl sites for hydroxylation is 1. The zero-order valence-electron chi connectivity index (χ0n) is 11.4. The highest BCUT2D eigenvalue weighted by atomic mass is 19.1. The molecule has 0 aliphatic rings. The van der Waals surface area contributed by atoms with Crippen LogP contribution in [0, 0.1) is 17.7 Å². The van der Waals surface area contributed by atoms with Crippen LogP contribution in [0.5, 0.6) is 0 Å². The molecule has 0 saturated carbocycles. The van der Waals surface area contributed by atoms with Gasteiger partial charge in [0, 0.05) is 25.2 Å². The molecule has 1 heterocycles. The maximum Gasteiger partial charge on any atom is 0.255 e. The molecule has 0 aliphatic heterocycles. The standard InChI is InChI=1S/C15H14FN3O2/c1-19-10-13(9-17-19)18-15(21)12-6-5-11(14(16)8-12)4-2-3-7-20/h5-6,8-10,20H,3,7H2,1H3,(H,18,21). The average Bonchev–Trinajstić information content (AvgIpc) is 2.86. The molecule has 1 amide bonds. The molecule has 2 N–H and O–H groups in total. The van der Waals surface area contributed by atoms with Crippen LogP contribution in [0.1, 0.15) is 22.3 Å². The molecule has 0 aliphatic carbocycles. The Morgan fingerprint density at radius 3 is 2.95 bits per heavy atom. The van der Waals surface area contributed by atoms with E-state index in [0.717, 1.165) is 6.07 Å². The van der Waals surface area contributed by atoms with E-state index in [-0.39, 0.29) is 24.2 Å². The summed E-state index contributed by atoms with van der Waals surface area (Å²) in [7, 11) is 1.73. The van der Waals surface area contributed by atoms with Gasteiger partial charge in [-0.05, 0) is 18.2 Å². The molecule has 1 aromatic carbocycles. The average molecular weight is 287 g/mol. The van der Waals surface area contributed by atoms with Crippen LogP contribution in [0.4, 0.5) is 10.1 Å². The molecule has 0 bridgehead atoms. The number of anilines is 1. The van der Waals surface area contributed by atoms with Crippen LogP contribution in [0.2, 0.25) is 0 Å². The Balaban J connectivity index is 2.12. The fourth-order valence-corrected chi connectivity index (χ4v) is 1.66. The Labute approximate surface area is 121 Å². The second-order valence-corrected chi connectivity index (χ2v) is 4.33. The molecule has 5 nitrogen and oxygen atoms in total. The topological polar surface area (TPSA) is 67.2 Å². The molecule has 0 spiro atoms. The number of nitrogens with zero attached hydrogens (tertiary/aromatic N) is 2. The Kier molecular flexibility index (Phi) is 4.69.